The van der Waals surface area contributed by atoms with Gasteiger partial charge in [-0.05, 0) is 49.4 Å². The number of anilines is 2. The highest BCUT2D eigenvalue weighted by Crippen LogP contribution is 2.28. The second kappa shape index (κ2) is 9.48. The van der Waals surface area contributed by atoms with Gasteiger partial charge in [-0.1, -0.05) is 32.9 Å². The maximum Gasteiger partial charge on any atom is 0.256 e. The van der Waals surface area contributed by atoms with Crippen molar-refractivity contribution in [3.8, 4) is 0 Å². The molecule has 2 aromatic rings. The molecule has 0 saturated carbocycles. The van der Waals surface area contributed by atoms with Crippen molar-refractivity contribution < 1.29 is 4.79 Å². The second-order valence-electron chi connectivity index (χ2n) is 7.54. The van der Waals surface area contributed by atoms with Crippen molar-refractivity contribution >= 4 is 29.0 Å². The van der Waals surface area contributed by atoms with Crippen molar-refractivity contribution in [1.82, 2.24) is 4.90 Å². The highest BCUT2D eigenvalue weighted by molar-refractivity contribution is 8.00. The fourth-order valence-corrected chi connectivity index (χ4v) is 4.46. The number of likely N-dealkylation sites (N-methyl/N-ethyl adjacent to an activating group) is 1. The SMILES string of the molecule is CCN1CCN(c2ccc(NC(=O)c3ccccc3SC(C)C)c(C)c2)CC1. The Bertz CT molecular complexity index is 813. The van der Waals surface area contributed by atoms with Gasteiger partial charge in [0.15, 0.2) is 0 Å². The van der Waals surface area contributed by atoms with Crippen LogP contribution in [0.4, 0.5) is 11.4 Å². The van der Waals surface area contributed by atoms with Crippen LogP contribution in [0.2, 0.25) is 0 Å². The molecule has 0 aromatic heterocycles. The van der Waals surface area contributed by atoms with Crippen LogP contribution in [0.1, 0.15) is 36.7 Å². The Morgan fingerprint density at radius 3 is 2.46 bits per heavy atom. The normalized spacial score (nSPS) is 15.1. The van der Waals surface area contributed by atoms with E-state index in [2.05, 4.69) is 54.9 Å². The Morgan fingerprint density at radius 1 is 1.11 bits per heavy atom. The third-order valence-electron chi connectivity index (χ3n) is 5.14. The van der Waals surface area contributed by atoms with Crippen LogP contribution in [0.15, 0.2) is 47.4 Å². The second-order valence-corrected chi connectivity index (χ2v) is 9.16. The Labute approximate surface area is 173 Å². The predicted molar refractivity (Wildman–Crippen MR) is 121 cm³/mol. The first kappa shape index (κ1) is 20.7. The lowest BCUT2D eigenvalue weighted by Crippen LogP contribution is -2.46. The number of aryl methyl sites for hydroxylation is 1. The number of rotatable bonds is 6. The molecule has 0 unspecified atom stereocenters. The minimum atomic E-state index is -0.0452. The molecular formula is C23H31N3OS. The van der Waals surface area contributed by atoms with Crippen LogP contribution in [-0.4, -0.2) is 48.8 Å². The molecule has 1 aliphatic rings. The van der Waals surface area contributed by atoms with Gasteiger partial charge in [-0.25, -0.2) is 0 Å². The van der Waals surface area contributed by atoms with Gasteiger partial charge in [-0.2, -0.15) is 0 Å². The summed E-state index contributed by atoms with van der Waals surface area (Å²) in [7, 11) is 0. The smallest absolute Gasteiger partial charge is 0.256 e. The Balaban J connectivity index is 1.71. The van der Waals surface area contributed by atoms with Crippen molar-refractivity contribution in [3.05, 3.63) is 53.6 Å². The zero-order chi connectivity index (χ0) is 20.1. The van der Waals surface area contributed by atoms with E-state index in [1.165, 1.54) is 5.69 Å². The monoisotopic (exact) mass is 397 g/mol. The van der Waals surface area contributed by atoms with E-state index < -0.39 is 0 Å². The van der Waals surface area contributed by atoms with Crippen LogP contribution in [-0.2, 0) is 0 Å². The number of carbonyl (C=O) groups is 1. The molecule has 1 fully saturated rings. The van der Waals surface area contributed by atoms with Crippen molar-refractivity contribution in [3.63, 3.8) is 0 Å². The van der Waals surface area contributed by atoms with Gasteiger partial charge in [0.05, 0.1) is 5.56 Å². The minimum absolute atomic E-state index is 0.0452. The summed E-state index contributed by atoms with van der Waals surface area (Å²) >= 11 is 1.72. The van der Waals surface area contributed by atoms with Gasteiger partial charge in [0.1, 0.15) is 0 Å². The molecule has 0 atom stereocenters. The molecule has 1 saturated heterocycles. The first-order valence-corrected chi connectivity index (χ1v) is 11.0. The van der Waals surface area contributed by atoms with Gasteiger partial charge in [0, 0.05) is 47.7 Å². The van der Waals surface area contributed by atoms with E-state index in [-0.39, 0.29) is 5.91 Å². The number of hydrogen-bond donors (Lipinski definition) is 1. The molecule has 150 valence electrons. The maximum absolute atomic E-state index is 12.9. The van der Waals surface area contributed by atoms with Gasteiger partial charge < -0.3 is 15.1 Å². The Morgan fingerprint density at radius 2 is 1.82 bits per heavy atom. The lowest BCUT2D eigenvalue weighted by atomic mass is 10.1. The van der Waals surface area contributed by atoms with E-state index in [1.807, 2.05) is 30.3 Å². The molecule has 0 bridgehead atoms. The van der Waals surface area contributed by atoms with E-state index >= 15 is 0 Å². The molecule has 28 heavy (non-hydrogen) atoms. The molecule has 1 N–H and O–H groups in total. The number of benzene rings is 2. The van der Waals surface area contributed by atoms with Crippen molar-refractivity contribution in [2.75, 3.05) is 42.9 Å². The quantitative estimate of drug-likeness (QED) is 0.704. The van der Waals surface area contributed by atoms with Crippen LogP contribution < -0.4 is 10.2 Å². The van der Waals surface area contributed by atoms with Gasteiger partial charge in [-0.3, -0.25) is 4.79 Å². The molecule has 3 rings (SSSR count). The molecule has 1 heterocycles. The Hall–Kier alpha value is -1.98. The zero-order valence-corrected chi connectivity index (χ0v) is 18.2. The molecule has 0 spiro atoms. The first-order valence-electron chi connectivity index (χ1n) is 10.1. The topological polar surface area (TPSA) is 35.6 Å². The van der Waals surface area contributed by atoms with Crippen LogP contribution >= 0.6 is 11.8 Å². The number of nitrogens with zero attached hydrogens (tertiary/aromatic N) is 2. The molecule has 0 aliphatic carbocycles. The van der Waals surface area contributed by atoms with Crippen LogP contribution in [0.25, 0.3) is 0 Å². The molecule has 4 nitrogen and oxygen atoms in total. The summed E-state index contributed by atoms with van der Waals surface area (Å²) in [4.78, 5) is 18.8. The molecule has 1 aliphatic heterocycles. The first-order chi connectivity index (χ1) is 13.5. The van der Waals surface area contributed by atoms with E-state index in [0.717, 1.165) is 54.4 Å². The van der Waals surface area contributed by atoms with Crippen LogP contribution in [0.3, 0.4) is 0 Å². The van der Waals surface area contributed by atoms with E-state index in [1.54, 1.807) is 11.8 Å². The van der Waals surface area contributed by atoms with Gasteiger partial charge in [0.2, 0.25) is 0 Å². The maximum atomic E-state index is 12.9. The van der Waals surface area contributed by atoms with Crippen LogP contribution in [0, 0.1) is 6.92 Å². The number of hydrogen-bond acceptors (Lipinski definition) is 4. The fraction of sp³-hybridized carbons (Fsp3) is 0.435. The standard InChI is InChI=1S/C23H31N3OS/c1-5-25-12-14-26(15-13-25)19-10-11-21(18(4)16-19)24-23(27)20-8-6-7-9-22(20)28-17(2)3/h6-11,16-17H,5,12-15H2,1-4H3,(H,24,27). The van der Waals surface area contributed by atoms with E-state index in [4.69, 9.17) is 0 Å². The highest BCUT2D eigenvalue weighted by Gasteiger charge is 2.17. The highest BCUT2D eigenvalue weighted by atomic mass is 32.2. The zero-order valence-electron chi connectivity index (χ0n) is 17.4. The third kappa shape index (κ3) is 5.09. The van der Waals surface area contributed by atoms with Crippen molar-refractivity contribution in [2.24, 2.45) is 0 Å². The molecule has 0 radical (unpaired) electrons. The summed E-state index contributed by atoms with van der Waals surface area (Å²) in [5.74, 6) is -0.0452. The van der Waals surface area contributed by atoms with Crippen molar-refractivity contribution in [1.29, 1.82) is 0 Å². The number of amides is 1. The number of piperazine rings is 1. The third-order valence-corrected chi connectivity index (χ3v) is 6.22. The summed E-state index contributed by atoms with van der Waals surface area (Å²) in [6.45, 7) is 14.0. The van der Waals surface area contributed by atoms with E-state index in [0.29, 0.717) is 5.25 Å². The van der Waals surface area contributed by atoms with Gasteiger partial charge >= 0.3 is 0 Å². The average molecular weight is 398 g/mol. The van der Waals surface area contributed by atoms with E-state index in [9.17, 15) is 4.79 Å². The van der Waals surface area contributed by atoms with Crippen LogP contribution in [0.5, 0.6) is 0 Å². The average Bonchev–Trinajstić information content (AvgIpc) is 2.69. The van der Waals surface area contributed by atoms with Crippen molar-refractivity contribution in [2.45, 2.75) is 37.8 Å². The lowest BCUT2D eigenvalue weighted by molar-refractivity contribution is 0.102. The summed E-state index contributed by atoms with van der Waals surface area (Å²) in [6, 6.07) is 14.2. The number of thioether (sulfide) groups is 1. The summed E-state index contributed by atoms with van der Waals surface area (Å²) in [5.41, 5.74) is 3.95. The molecular weight excluding hydrogens is 366 g/mol. The summed E-state index contributed by atoms with van der Waals surface area (Å²) < 4.78 is 0. The predicted octanol–water partition coefficient (Wildman–Crippen LogP) is 4.89. The Kier molecular flexibility index (Phi) is 7.03. The largest absolute Gasteiger partial charge is 0.369 e. The molecule has 5 heteroatoms. The number of carbonyl (C=O) groups excluding carboxylic acids is 1. The molecule has 1 amide bonds. The van der Waals surface area contributed by atoms with Gasteiger partial charge in [0.25, 0.3) is 5.91 Å². The summed E-state index contributed by atoms with van der Waals surface area (Å²) in [6.07, 6.45) is 0. The fourth-order valence-electron chi connectivity index (χ4n) is 3.51. The van der Waals surface area contributed by atoms with Gasteiger partial charge in [-0.15, -0.1) is 11.8 Å². The number of nitrogens with one attached hydrogen (secondary N) is 1. The minimum Gasteiger partial charge on any atom is -0.369 e. The lowest BCUT2D eigenvalue weighted by Gasteiger charge is -2.35. The molecule has 2 aromatic carbocycles. The summed E-state index contributed by atoms with van der Waals surface area (Å²) in [5, 5.41) is 3.54.